The van der Waals surface area contributed by atoms with Gasteiger partial charge in [0.15, 0.2) is 0 Å². The Morgan fingerprint density at radius 1 is 1.00 bits per heavy atom. The summed E-state index contributed by atoms with van der Waals surface area (Å²) < 4.78 is 1.61. The molecule has 0 aliphatic carbocycles. The molecular weight excluding hydrogens is 216 g/mol. The van der Waals surface area contributed by atoms with Gasteiger partial charge in [-0.15, -0.1) is 0 Å². The summed E-state index contributed by atoms with van der Waals surface area (Å²) in [6.45, 7) is 7.09. The van der Waals surface area contributed by atoms with E-state index in [1.165, 1.54) is 10.8 Å². The van der Waals surface area contributed by atoms with Crippen LogP contribution in [0.4, 0.5) is 0 Å². The summed E-state index contributed by atoms with van der Waals surface area (Å²) in [7, 11) is -1.43. The Hall–Kier alpha value is -0.863. The molecule has 2 heteroatoms. The van der Waals surface area contributed by atoms with Gasteiger partial charge in [0.05, 0.1) is 0 Å². The lowest BCUT2D eigenvalue weighted by Crippen LogP contribution is -2.52. The molecule has 1 aromatic carbocycles. The van der Waals surface area contributed by atoms with Crippen molar-refractivity contribution in [2.45, 2.75) is 20.0 Å². The first-order valence-electron chi connectivity index (χ1n) is 5.22. The van der Waals surface area contributed by atoms with Gasteiger partial charge in [-0.2, -0.15) is 11.3 Å². The van der Waals surface area contributed by atoms with Crippen molar-refractivity contribution in [1.82, 2.24) is 0 Å². The zero-order chi connectivity index (χ0) is 10.9. The molecule has 0 unspecified atom stereocenters. The molecular formula is C13H16SSi. The van der Waals surface area contributed by atoms with Crippen LogP contribution in [0.3, 0.4) is 0 Å². The molecule has 78 valence electrons. The lowest BCUT2D eigenvalue weighted by molar-refractivity contribution is 1.57. The fourth-order valence-corrected chi connectivity index (χ4v) is 6.75. The lowest BCUT2D eigenvalue weighted by Gasteiger charge is -2.22. The summed E-state index contributed by atoms with van der Waals surface area (Å²) in [6.07, 6.45) is 0. The van der Waals surface area contributed by atoms with Gasteiger partial charge < -0.3 is 0 Å². The van der Waals surface area contributed by atoms with Gasteiger partial charge in [0, 0.05) is 0 Å². The summed E-state index contributed by atoms with van der Waals surface area (Å²) in [5.74, 6) is 0. The van der Waals surface area contributed by atoms with Crippen molar-refractivity contribution in [3.8, 4) is 0 Å². The topological polar surface area (TPSA) is 0 Å². The van der Waals surface area contributed by atoms with E-state index in [0.29, 0.717) is 0 Å². The van der Waals surface area contributed by atoms with Crippen LogP contribution in [0.25, 0.3) is 0 Å². The van der Waals surface area contributed by atoms with E-state index in [9.17, 15) is 0 Å². The minimum Gasteiger partial charge on any atom is -0.153 e. The number of thiophene rings is 1. The van der Waals surface area contributed by atoms with Gasteiger partial charge in [0.1, 0.15) is 8.07 Å². The molecule has 0 bridgehead atoms. The number of hydrogen-bond donors (Lipinski definition) is 0. The predicted molar refractivity (Wildman–Crippen MR) is 72.2 cm³/mol. The molecule has 0 aliphatic heterocycles. The molecule has 0 saturated carbocycles. The first kappa shape index (κ1) is 10.6. The van der Waals surface area contributed by atoms with Crippen molar-refractivity contribution in [2.75, 3.05) is 0 Å². The van der Waals surface area contributed by atoms with Crippen molar-refractivity contribution in [3.63, 3.8) is 0 Å². The van der Waals surface area contributed by atoms with Crippen LogP contribution in [0.1, 0.15) is 5.56 Å². The second-order valence-electron chi connectivity index (χ2n) is 4.42. The monoisotopic (exact) mass is 232 g/mol. The van der Waals surface area contributed by atoms with E-state index in [0.717, 1.165) is 0 Å². The highest BCUT2D eigenvalue weighted by molar-refractivity contribution is 7.28. The summed E-state index contributed by atoms with van der Waals surface area (Å²) in [6, 6.07) is 13.2. The molecule has 0 radical (unpaired) electrons. The summed E-state index contributed by atoms with van der Waals surface area (Å²) in [4.78, 5) is 0. The Labute approximate surface area is 96.6 Å². The third-order valence-electron chi connectivity index (χ3n) is 2.93. The van der Waals surface area contributed by atoms with Gasteiger partial charge in [0.2, 0.25) is 0 Å². The second kappa shape index (κ2) is 3.95. The van der Waals surface area contributed by atoms with Gasteiger partial charge >= 0.3 is 0 Å². The van der Waals surface area contributed by atoms with Crippen LogP contribution in [-0.2, 0) is 0 Å². The van der Waals surface area contributed by atoms with E-state index in [-0.39, 0.29) is 0 Å². The molecule has 2 rings (SSSR count). The van der Waals surface area contributed by atoms with E-state index in [4.69, 9.17) is 0 Å². The minimum atomic E-state index is -1.43. The molecule has 2 aromatic rings. The molecule has 15 heavy (non-hydrogen) atoms. The van der Waals surface area contributed by atoms with E-state index in [1.54, 1.807) is 4.50 Å². The van der Waals surface area contributed by atoms with Crippen molar-refractivity contribution < 1.29 is 0 Å². The standard InChI is InChI=1S/C13H16SSi/c1-11-9-10-14-13(11)15(2,3)12-7-5-4-6-8-12/h4-10H,1-3H3. The highest BCUT2D eigenvalue weighted by Gasteiger charge is 2.28. The van der Waals surface area contributed by atoms with Gasteiger partial charge in [-0.25, -0.2) is 0 Å². The Kier molecular flexibility index (Phi) is 2.80. The Balaban J connectivity index is 2.48. The summed E-state index contributed by atoms with van der Waals surface area (Å²) >= 11 is 1.91. The van der Waals surface area contributed by atoms with Crippen LogP contribution in [0.5, 0.6) is 0 Å². The molecule has 0 N–H and O–H groups in total. The van der Waals surface area contributed by atoms with Crippen molar-refractivity contribution in [1.29, 1.82) is 0 Å². The van der Waals surface area contributed by atoms with Gasteiger partial charge in [-0.05, 0) is 28.4 Å². The highest BCUT2D eigenvalue weighted by atomic mass is 32.1. The maximum Gasteiger partial charge on any atom is 0.125 e. The third-order valence-corrected chi connectivity index (χ3v) is 8.95. The summed E-state index contributed by atoms with van der Waals surface area (Å²) in [5.41, 5.74) is 1.46. The first-order valence-corrected chi connectivity index (χ1v) is 9.10. The zero-order valence-corrected chi connectivity index (χ0v) is 11.3. The highest BCUT2D eigenvalue weighted by Crippen LogP contribution is 2.12. The smallest absolute Gasteiger partial charge is 0.125 e. The Bertz CT molecular complexity index is 443. The fourth-order valence-electron chi connectivity index (χ4n) is 2.00. The van der Waals surface area contributed by atoms with E-state index < -0.39 is 8.07 Å². The van der Waals surface area contributed by atoms with Gasteiger partial charge in [0.25, 0.3) is 0 Å². The van der Waals surface area contributed by atoms with E-state index in [1.807, 2.05) is 11.3 Å². The van der Waals surface area contributed by atoms with Crippen LogP contribution >= 0.6 is 11.3 Å². The average molecular weight is 232 g/mol. The maximum atomic E-state index is 2.43. The molecule has 0 saturated heterocycles. The number of benzene rings is 1. The molecule has 0 nitrogen and oxygen atoms in total. The minimum absolute atomic E-state index is 1.43. The van der Waals surface area contributed by atoms with Crippen molar-refractivity contribution in [3.05, 3.63) is 47.3 Å². The van der Waals surface area contributed by atoms with Crippen LogP contribution in [0.15, 0.2) is 41.8 Å². The normalized spacial score (nSPS) is 11.7. The predicted octanol–water partition coefficient (Wildman–Crippen LogP) is 2.88. The number of aryl methyl sites for hydroxylation is 1. The molecule has 0 fully saturated rings. The number of rotatable bonds is 2. The molecule has 1 heterocycles. The zero-order valence-electron chi connectivity index (χ0n) is 9.45. The average Bonchev–Trinajstić information content (AvgIpc) is 2.66. The third kappa shape index (κ3) is 1.92. The number of hydrogen-bond acceptors (Lipinski definition) is 1. The Morgan fingerprint density at radius 3 is 2.20 bits per heavy atom. The SMILES string of the molecule is Cc1ccsc1[Si](C)(C)c1ccccc1. The van der Waals surface area contributed by atoms with E-state index >= 15 is 0 Å². The quantitative estimate of drug-likeness (QED) is 0.699. The lowest BCUT2D eigenvalue weighted by atomic mass is 10.4. The molecule has 0 amide bonds. The molecule has 0 atom stereocenters. The maximum absolute atomic E-state index is 2.43. The summed E-state index contributed by atoms with van der Waals surface area (Å²) in [5, 5.41) is 3.73. The first-order chi connectivity index (χ1) is 7.12. The van der Waals surface area contributed by atoms with Crippen LogP contribution in [0.2, 0.25) is 13.1 Å². The van der Waals surface area contributed by atoms with Crippen molar-refractivity contribution in [2.24, 2.45) is 0 Å². The second-order valence-corrected chi connectivity index (χ2v) is 10.0. The van der Waals surface area contributed by atoms with Gasteiger partial charge in [-0.1, -0.05) is 48.6 Å². The van der Waals surface area contributed by atoms with Gasteiger partial charge in [-0.3, -0.25) is 0 Å². The molecule has 0 aliphatic rings. The Morgan fingerprint density at radius 2 is 1.67 bits per heavy atom. The molecule has 1 aromatic heterocycles. The van der Waals surface area contributed by atoms with Crippen molar-refractivity contribution >= 4 is 29.1 Å². The largest absolute Gasteiger partial charge is 0.153 e. The van der Waals surface area contributed by atoms with Crippen LogP contribution in [0, 0.1) is 6.92 Å². The fraction of sp³-hybridized carbons (Fsp3) is 0.231. The van der Waals surface area contributed by atoms with Crippen LogP contribution < -0.4 is 9.69 Å². The van der Waals surface area contributed by atoms with E-state index in [2.05, 4.69) is 61.8 Å². The van der Waals surface area contributed by atoms with Crippen LogP contribution in [-0.4, -0.2) is 8.07 Å². The molecule has 0 spiro atoms.